The third-order valence-electron chi connectivity index (χ3n) is 4.10. The zero-order valence-electron chi connectivity index (χ0n) is 12.5. The molecule has 1 aliphatic rings. The summed E-state index contributed by atoms with van der Waals surface area (Å²) in [6.07, 6.45) is 2.07. The van der Waals surface area contributed by atoms with Crippen molar-refractivity contribution in [2.45, 2.75) is 23.8 Å². The van der Waals surface area contributed by atoms with E-state index >= 15 is 0 Å². The number of hydrogen-bond acceptors (Lipinski definition) is 4. The van der Waals surface area contributed by atoms with Crippen LogP contribution in [0.15, 0.2) is 41.3 Å². The quantitative estimate of drug-likeness (QED) is 0.851. The Bertz CT molecular complexity index is 785. The van der Waals surface area contributed by atoms with Gasteiger partial charge in [-0.2, -0.15) is 0 Å². The second kappa shape index (κ2) is 5.87. The van der Waals surface area contributed by atoms with Crippen molar-refractivity contribution in [3.05, 3.63) is 36.4 Å². The summed E-state index contributed by atoms with van der Waals surface area (Å²) in [6.45, 7) is 0.317. The standard InChI is InChI=1S/C16H20N2O3S/c1-21-15-8-9-16(13-5-3-2-4-12(13)15)22(19,20)18-14(10-17)11-6-7-11/h2-5,8-9,11,14,18H,6-7,10,17H2,1H3. The highest BCUT2D eigenvalue weighted by atomic mass is 32.2. The molecular formula is C16H20N2O3S. The lowest BCUT2D eigenvalue weighted by Gasteiger charge is -2.17. The van der Waals surface area contributed by atoms with E-state index in [0.29, 0.717) is 23.6 Å². The lowest BCUT2D eigenvalue weighted by Crippen LogP contribution is -2.41. The van der Waals surface area contributed by atoms with Crippen LogP contribution >= 0.6 is 0 Å². The molecule has 1 unspecified atom stereocenters. The first kappa shape index (κ1) is 15.3. The molecule has 1 saturated carbocycles. The van der Waals surface area contributed by atoms with E-state index in [0.717, 1.165) is 18.2 Å². The van der Waals surface area contributed by atoms with Gasteiger partial charge in [-0.15, -0.1) is 0 Å². The minimum atomic E-state index is -3.61. The molecule has 0 aromatic heterocycles. The van der Waals surface area contributed by atoms with E-state index in [1.807, 2.05) is 18.2 Å². The van der Waals surface area contributed by atoms with Crippen molar-refractivity contribution in [3.8, 4) is 5.75 Å². The minimum absolute atomic E-state index is 0.189. The van der Waals surface area contributed by atoms with Gasteiger partial charge in [0, 0.05) is 23.4 Å². The summed E-state index contributed by atoms with van der Waals surface area (Å²) in [4.78, 5) is 0.267. The molecule has 0 amide bonds. The van der Waals surface area contributed by atoms with E-state index in [4.69, 9.17) is 10.5 Å². The van der Waals surface area contributed by atoms with E-state index in [1.54, 1.807) is 25.3 Å². The number of nitrogens with two attached hydrogens (primary N) is 1. The van der Waals surface area contributed by atoms with Gasteiger partial charge in [0.25, 0.3) is 0 Å². The number of nitrogens with one attached hydrogen (secondary N) is 1. The number of methoxy groups -OCH3 is 1. The Morgan fingerprint density at radius 2 is 1.91 bits per heavy atom. The second-order valence-corrected chi connectivity index (χ2v) is 7.29. The molecule has 0 bridgehead atoms. The van der Waals surface area contributed by atoms with Gasteiger partial charge in [-0.05, 0) is 30.9 Å². The molecule has 5 nitrogen and oxygen atoms in total. The van der Waals surface area contributed by atoms with E-state index in [-0.39, 0.29) is 10.9 Å². The molecule has 1 atom stereocenters. The highest BCUT2D eigenvalue weighted by Gasteiger charge is 2.33. The summed E-state index contributed by atoms with van der Waals surface area (Å²) in [5, 5.41) is 1.43. The van der Waals surface area contributed by atoms with Crippen LogP contribution in [0.2, 0.25) is 0 Å². The zero-order chi connectivity index (χ0) is 15.7. The van der Waals surface area contributed by atoms with Gasteiger partial charge in [0.15, 0.2) is 0 Å². The van der Waals surface area contributed by atoms with Crippen LogP contribution in [0.5, 0.6) is 5.75 Å². The van der Waals surface area contributed by atoms with Crippen molar-refractivity contribution in [2.24, 2.45) is 11.7 Å². The molecule has 1 aliphatic carbocycles. The van der Waals surface area contributed by atoms with Crippen molar-refractivity contribution in [1.82, 2.24) is 4.72 Å². The third-order valence-corrected chi connectivity index (χ3v) is 5.65. The molecular weight excluding hydrogens is 300 g/mol. The number of fused-ring (bicyclic) bond motifs is 1. The molecule has 0 heterocycles. The highest BCUT2D eigenvalue weighted by Crippen LogP contribution is 2.34. The third kappa shape index (κ3) is 2.82. The summed E-state index contributed by atoms with van der Waals surface area (Å²) in [6, 6.07) is 10.4. The van der Waals surface area contributed by atoms with Gasteiger partial charge in [0.1, 0.15) is 5.75 Å². The Labute approximate surface area is 130 Å². The zero-order valence-corrected chi connectivity index (χ0v) is 13.3. The second-order valence-electron chi connectivity index (χ2n) is 5.61. The maximum Gasteiger partial charge on any atom is 0.241 e. The summed E-state index contributed by atoms with van der Waals surface area (Å²) in [5.74, 6) is 1.02. The fourth-order valence-electron chi connectivity index (χ4n) is 2.75. The van der Waals surface area contributed by atoms with Gasteiger partial charge in [-0.25, -0.2) is 13.1 Å². The summed E-state index contributed by atoms with van der Waals surface area (Å²) < 4.78 is 33.5. The van der Waals surface area contributed by atoms with Crippen LogP contribution in [0.3, 0.4) is 0 Å². The van der Waals surface area contributed by atoms with E-state index < -0.39 is 10.0 Å². The first-order chi connectivity index (χ1) is 10.6. The lowest BCUT2D eigenvalue weighted by atomic mass is 10.1. The van der Waals surface area contributed by atoms with Crippen LogP contribution in [-0.4, -0.2) is 28.1 Å². The molecule has 0 spiro atoms. The van der Waals surface area contributed by atoms with Crippen LogP contribution in [0.1, 0.15) is 12.8 Å². The van der Waals surface area contributed by atoms with Crippen molar-refractivity contribution in [3.63, 3.8) is 0 Å². The van der Waals surface area contributed by atoms with E-state index in [9.17, 15) is 8.42 Å². The van der Waals surface area contributed by atoms with Crippen molar-refractivity contribution in [2.75, 3.05) is 13.7 Å². The van der Waals surface area contributed by atoms with Crippen LogP contribution in [0.4, 0.5) is 0 Å². The summed E-state index contributed by atoms with van der Waals surface area (Å²) in [7, 11) is -2.04. The molecule has 0 aliphatic heterocycles. The maximum absolute atomic E-state index is 12.7. The molecule has 6 heteroatoms. The van der Waals surface area contributed by atoms with Gasteiger partial charge in [-0.1, -0.05) is 24.3 Å². The number of rotatable bonds is 6. The van der Waals surface area contributed by atoms with E-state index in [2.05, 4.69) is 4.72 Å². The van der Waals surface area contributed by atoms with Gasteiger partial charge in [0.05, 0.1) is 12.0 Å². The number of hydrogen-bond donors (Lipinski definition) is 2. The Morgan fingerprint density at radius 1 is 1.23 bits per heavy atom. The number of ether oxygens (including phenoxy) is 1. The number of sulfonamides is 1. The Kier molecular flexibility index (Phi) is 4.08. The summed E-state index contributed by atoms with van der Waals surface area (Å²) >= 11 is 0. The van der Waals surface area contributed by atoms with E-state index in [1.165, 1.54) is 0 Å². The Hall–Kier alpha value is -1.63. The molecule has 3 rings (SSSR count). The normalized spacial score (nSPS) is 16.6. The Balaban J connectivity index is 2.05. The summed E-state index contributed by atoms with van der Waals surface area (Å²) in [5.41, 5.74) is 5.71. The monoisotopic (exact) mass is 320 g/mol. The van der Waals surface area contributed by atoms with Crippen LogP contribution < -0.4 is 15.2 Å². The maximum atomic E-state index is 12.7. The molecule has 0 saturated heterocycles. The molecule has 3 N–H and O–H groups in total. The number of benzene rings is 2. The van der Waals surface area contributed by atoms with Gasteiger partial charge < -0.3 is 10.5 Å². The van der Waals surface area contributed by atoms with Crippen molar-refractivity contribution >= 4 is 20.8 Å². The minimum Gasteiger partial charge on any atom is -0.496 e. The SMILES string of the molecule is COc1ccc(S(=O)(=O)NC(CN)C2CC2)c2ccccc12. The predicted molar refractivity (Wildman–Crippen MR) is 86.4 cm³/mol. The van der Waals surface area contributed by atoms with Gasteiger partial charge >= 0.3 is 0 Å². The molecule has 2 aromatic carbocycles. The average Bonchev–Trinajstić information content (AvgIpc) is 3.36. The molecule has 22 heavy (non-hydrogen) atoms. The van der Waals surface area contributed by atoms with Crippen molar-refractivity contribution in [1.29, 1.82) is 0 Å². The molecule has 0 radical (unpaired) electrons. The molecule has 118 valence electrons. The fourth-order valence-corrected chi connectivity index (χ4v) is 4.28. The van der Waals surface area contributed by atoms with Crippen molar-refractivity contribution < 1.29 is 13.2 Å². The van der Waals surface area contributed by atoms with Crippen LogP contribution in [-0.2, 0) is 10.0 Å². The molecule has 1 fully saturated rings. The van der Waals surface area contributed by atoms with Gasteiger partial charge in [-0.3, -0.25) is 0 Å². The molecule has 2 aromatic rings. The Morgan fingerprint density at radius 3 is 2.50 bits per heavy atom. The van der Waals surface area contributed by atoms with Crippen LogP contribution in [0.25, 0.3) is 10.8 Å². The largest absolute Gasteiger partial charge is 0.496 e. The smallest absolute Gasteiger partial charge is 0.241 e. The first-order valence-electron chi connectivity index (χ1n) is 7.35. The fraction of sp³-hybridized carbons (Fsp3) is 0.375. The predicted octanol–water partition coefficient (Wildman–Crippen LogP) is 1.86. The van der Waals surface area contributed by atoms with Gasteiger partial charge in [0.2, 0.25) is 10.0 Å². The lowest BCUT2D eigenvalue weighted by molar-refractivity contribution is 0.419. The highest BCUT2D eigenvalue weighted by molar-refractivity contribution is 7.89. The first-order valence-corrected chi connectivity index (χ1v) is 8.83. The van der Waals surface area contributed by atoms with Crippen LogP contribution in [0, 0.1) is 5.92 Å². The average molecular weight is 320 g/mol. The topological polar surface area (TPSA) is 81.4 Å².